The van der Waals surface area contributed by atoms with Crippen LogP contribution in [-0.2, 0) is 6.67 Å². The molecule has 2 aromatic rings. The average Bonchev–Trinajstić information content (AvgIpc) is 2.76. The van der Waals surface area contributed by atoms with Gasteiger partial charge < -0.3 is 0 Å². The number of nitrogens with zero attached hydrogens (tertiary/aromatic N) is 3. The number of nitriles is 1. The quantitative estimate of drug-likeness (QED) is 0.789. The summed E-state index contributed by atoms with van der Waals surface area (Å²) in [5.41, 5.74) is 1.34. The third-order valence-corrected chi connectivity index (χ3v) is 3.98. The third-order valence-electron chi connectivity index (χ3n) is 3.98. The predicted octanol–water partition coefficient (Wildman–Crippen LogP) is 1.59. The molecule has 2 amide bonds. The second-order valence-corrected chi connectivity index (χ2v) is 5.41. The summed E-state index contributed by atoms with van der Waals surface area (Å²) < 4.78 is 1.27. The van der Waals surface area contributed by atoms with E-state index in [2.05, 4.69) is 0 Å². The molecule has 0 saturated carbocycles. The number of amides is 2. The summed E-state index contributed by atoms with van der Waals surface area (Å²) in [7, 11) is 0. The number of fused-ring (bicyclic) bond motifs is 1. The second-order valence-electron chi connectivity index (χ2n) is 5.41. The van der Waals surface area contributed by atoms with Gasteiger partial charge in [-0.05, 0) is 37.6 Å². The van der Waals surface area contributed by atoms with E-state index in [0.717, 1.165) is 4.90 Å². The molecule has 2 heterocycles. The monoisotopic (exact) mass is 307 g/mol. The van der Waals surface area contributed by atoms with Crippen LogP contribution in [0.25, 0.3) is 0 Å². The van der Waals surface area contributed by atoms with Gasteiger partial charge in [-0.2, -0.15) is 5.26 Å². The van der Waals surface area contributed by atoms with Crippen molar-refractivity contribution in [2.75, 3.05) is 0 Å². The Morgan fingerprint density at radius 3 is 2.13 bits per heavy atom. The maximum atomic E-state index is 12.4. The number of pyridine rings is 1. The summed E-state index contributed by atoms with van der Waals surface area (Å²) in [5.74, 6) is -0.869. The van der Waals surface area contributed by atoms with E-state index in [4.69, 9.17) is 5.26 Å². The molecular weight excluding hydrogens is 294 g/mol. The zero-order chi connectivity index (χ0) is 16.7. The van der Waals surface area contributed by atoms with Crippen molar-refractivity contribution in [1.82, 2.24) is 9.47 Å². The molecule has 0 saturated heterocycles. The fourth-order valence-corrected chi connectivity index (χ4v) is 2.75. The summed E-state index contributed by atoms with van der Waals surface area (Å²) in [5, 5.41) is 9.11. The fourth-order valence-electron chi connectivity index (χ4n) is 2.75. The molecule has 1 aromatic carbocycles. The summed E-state index contributed by atoms with van der Waals surface area (Å²) in [6.07, 6.45) is 0. The number of aromatic nitrogens is 1. The highest BCUT2D eigenvalue weighted by Gasteiger charge is 2.35. The van der Waals surface area contributed by atoms with Gasteiger partial charge in [-0.1, -0.05) is 12.1 Å². The van der Waals surface area contributed by atoms with Gasteiger partial charge in [0.25, 0.3) is 17.4 Å². The highest BCUT2D eigenvalue weighted by molar-refractivity contribution is 6.21. The molecule has 1 aliphatic heterocycles. The fraction of sp³-hybridized carbons (Fsp3) is 0.176. The van der Waals surface area contributed by atoms with E-state index in [1.54, 1.807) is 44.2 Å². The Bertz CT molecular complexity index is 916. The molecule has 0 aliphatic carbocycles. The Morgan fingerprint density at radius 1 is 1.04 bits per heavy atom. The van der Waals surface area contributed by atoms with Crippen molar-refractivity contribution in [3.63, 3.8) is 0 Å². The first kappa shape index (κ1) is 14.7. The van der Waals surface area contributed by atoms with Crippen molar-refractivity contribution < 1.29 is 9.59 Å². The molecule has 0 radical (unpaired) electrons. The number of rotatable bonds is 2. The van der Waals surface area contributed by atoms with E-state index in [1.165, 1.54) is 4.57 Å². The van der Waals surface area contributed by atoms with Crippen LogP contribution >= 0.6 is 0 Å². The van der Waals surface area contributed by atoms with Gasteiger partial charge >= 0.3 is 0 Å². The Labute approximate surface area is 132 Å². The molecule has 0 N–H and O–H groups in total. The summed E-state index contributed by atoms with van der Waals surface area (Å²) in [4.78, 5) is 38.2. The minimum atomic E-state index is -0.499. The highest BCUT2D eigenvalue weighted by atomic mass is 16.2. The van der Waals surface area contributed by atoms with Gasteiger partial charge in [-0.3, -0.25) is 23.9 Å². The molecule has 0 spiro atoms. The lowest BCUT2D eigenvalue weighted by Crippen LogP contribution is -2.38. The number of carbonyl (C=O) groups is 2. The number of carbonyl (C=O) groups excluding carboxylic acids is 2. The molecule has 23 heavy (non-hydrogen) atoms. The van der Waals surface area contributed by atoms with E-state index >= 15 is 0 Å². The largest absolute Gasteiger partial charge is 0.293 e. The van der Waals surface area contributed by atoms with Crippen molar-refractivity contribution in [1.29, 1.82) is 5.26 Å². The van der Waals surface area contributed by atoms with Crippen molar-refractivity contribution in [3.8, 4) is 6.07 Å². The molecule has 6 nitrogen and oxygen atoms in total. The molecule has 1 aliphatic rings. The molecule has 1 aromatic heterocycles. The van der Waals surface area contributed by atoms with Gasteiger partial charge in [0.1, 0.15) is 18.3 Å². The summed E-state index contributed by atoms with van der Waals surface area (Å²) in [6.45, 7) is 3.18. The van der Waals surface area contributed by atoms with Crippen LogP contribution in [0, 0.1) is 25.2 Å². The normalized spacial score (nSPS) is 13.2. The Kier molecular flexibility index (Phi) is 3.34. The Morgan fingerprint density at radius 2 is 1.61 bits per heavy atom. The van der Waals surface area contributed by atoms with E-state index in [9.17, 15) is 14.4 Å². The van der Waals surface area contributed by atoms with Gasteiger partial charge in [0.15, 0.2) is 0 Å². The van der Waals surface area contributed by atoms with Crippen molar-refractivity contribution in [2.24, 2.45) is 0 Å². The van der Waals surface area contributed by atoms with E-state index in [1.807, 2.05) is 6.07 Å². The summed E-state index contributed by atoms with van der Waals surface area (Å²) >= 11 is 0. The average molecular weight is 307 g/mol. The van der Waals surface area contributed by atoms with Crippen molar-refractivity contribution in [3.05, 3.63) is 68.6 Å². The number of hydrogen-bond acceptors (Lipinski definition) is 4. The standard InChI is InChI=1S/C17H13N3O3/c1-10-7-11(2)19(17(23)14(10)8-18)9-20-15(21)12-5-3-4-6-13(12)16(20)22/h3-7H,9H2,1-2H3. The minimum absolute atomic E-state index is 0.0206. The Balaban J connectivity index is 2.06. The summed E-state index contributed by atoms with van der Waals surface area (Å²) in [6, 6.07) is 10.1. The van der Waals surface area contributed by atoms with E-state index in [0.29, 0.717) is 22.4 Å². The maximum Gasteiger partial charge on any atom is 0.270 e. The molecular formula is C17H13N3O3. The Hall–Kier alpha value is -3.20. The van der Waals surface area contributed by atoms with Crippen LogP contribution in [0.5, 0.6) is 0 Å². The SMILES string of the molecule is Cc1cc(C)n(CN2C(=O)c3ccccc3C2=O)c(=O)c1C#N. The lowest BCUT2D eigenvalue weighted by Gasteiger charge is -2.18. The maximum absolute atomic E-state index is 12.4. The second kappa shape index (κ2) is 5.21. The molecule has 0 bridgehead atoms. The number of hydrogen-bond donors (Lipinski definition) is 0. The van der Waals surface area contributed by atoms with Crippen LogP contribution in [0.2, 0.25) is 0 Å². The van der Waals surface area contributed by atoms with E-state index < -0.39 is 17.4 Å². The van der Waals surface area contributed by atoms with Crippen molar-refractivity contribution in [2.45, 2.75) is 20.5 Å². The first-order valence-corrected chi connectivity index (χ1v) is 7.02. The van der Waals surface area contributed by atoms with Gasteiger partial charge in [0.2, 0.25) is 0 Å². The first-order valence-electron chi connectivity index (χ1n) is 7.02. The van der Waals surface area contributed by atoms with Crippen LogP contribution in [0.15, 0.2) is 35.1 Å². The molecule has 0 fully saturated rings. The van der Waals surface area contributed by atoms with E-state index in [-0.39, 0.29) is 12.2 Å². The zero-order valence-electron chi connectivity index (χ0n) is 12.7. The molecule has 0 unspecified atom stereocenters. The van der Waals surface area contributed by atoms with Gasteiger partial charge in [-0.15, -0.1) is 0 Å². The smallest absolute Gasteiger partial charge is 0.270 e. The molecule has 6 heteroatoms. The zero-order valence-corrected chi connectivity index (χ0v) is 12.7. The third kappa shape index (κ3) is 2.14. The highest BCUT2D eigenvalue weighted by Crippen LogP contribution is 2.23. The molecule has 0 atom stereocenters. The van der Waals surface area contributed by atoms with Crippen LogP contribution in [0.4, 0.5) is 0 Å². The van der Waals surface area contributed by atoms with Crippen LogP contribution in [0.3, 0.4) is 0 Å². The number of benzene rings is 1. The minimum Gasteiger partial charge on any atom is -0.293 e. The predicted molar refractivity (Wildman–Crippen MR) is 81.8 cm³/mol. The number of aryl methyl sites for hydroxylation is 2. The lowest BCUT2D eigenvalue weighted by molar-refractivity contribution is 0.0602. The lowest BCUT2D eigenvalue weighted by atomic mass is 10.1. The van der Waals surface area contributed by atoms with Gasteiger partial charge in [0.05, 0.1) is 11.1 Å². The topological polar surface area (TPSA) is 83.2 Å². The number of imide groups is 1. The van der Waals surface area contributed by atoms with Crippen LogP contribution in [0.1, 0.15) is 37.5 Å². The molecule has 3 rings (SSSR count). The van der Waals surface area contributed by atoms with Crippen molar-refractivity contribution >= 4 is 11.8 Å². The molecule has 114 valence electrons. The van der Waals surface area contributed by atoms with Crippen LogP contribution < -0.4 is 5.56 Å². The van der Waals surface area contributed by atoms with Crippen LogP contribution in [-0.4, -0.2) is 21.3 Å². The van der Waals surface area contributed by atoms with Gasteiger partial charge in [-0.25, -0.2) is 0 Å². The first-order chi connectivity index (χ1) is 11.0. The van der Waals surface area contributed by atoms with Gasteiger partial charge in [0, 0.05) is 5.69 Å².